The van der Waals surface area contributed by atoms with E-state index < -0.39 is 76.3 Å². The summed E-state index contributed by atoms with van der Waals surface area (Å²) in [4.78, 5) is 54.4. The zero-order chi connectivity index (χ0) is 42.9. The molecule has 8 rings (SSSR count). The lowest BCUT2D eigenvalue weighted by Crippen LogP contribution is -2.73. The highest BCUT2D eigenvalue weighted by molar-refractivity contribution is 5.91. The molecule has 4 fully saturated rings. The molecular weight excluding hydrogens is 769 g/mol. The van der Waals surface area contributed by atoms with E-state index in [4.69, 9.17) is 28.4 Å². The van der Waals surface area contributed by atoms with E-state index in [2.05, 4.69) is 10.6 Å². The predicted molar refractivity (Wildman–Crippen MR) is 221 cm³/mol. The summed E-state index contributed by atoms with van der Waals surface area (Å²) >= 11 is 0. The third kappa shape index (κ3) is 6.33. The average Bonchev–Trinajstić information content (AvgIpc) is 3.91. The number of cyclic esters (lactones) is 1. The molecule has 2 aromatic carbocycles. The number of benzene rings is 2. The van der Waals surface area contributed by atoms with Crippen LogP contribution in [-0.2, 0) is 38.1 Å². The fourth-order valence-electron chi connectivity index (χ4n) is 11.7. The summed E-state index contributed by atoms with van der Waals surface area (Å²) in [6.45, 7) is 11.0. The van der Waals surface area contributed by atoms with E-state index in [1.54, 1.807) is 33.3 Å². The van der Waals surface area contributed by atoms with E-state index in [0.717, 1.165) is 16.8 Å². The third-order valence-corrected chi connectivity index (χ3v) is 15.1. The van der Waals surface area contributed by atoms with Crippen molar-refractivity contribution in [1.29, 1.82) is 0 Å². The van der Waals surface area contributed by atoms with Crippen molar-refractivity contribution >= 4 is 35.1 Å². The predicted octanol–water partition coefficient (Wildman–Crippen LogP) is 6.47. The summed E-state index contributed by atoms with van der Waals surface area (Å²) in [6, 6.07) is 13.9. The number of nitrogens with one attached hydrogen (secondary N) is 2. The first-order valence-electron chi connectivity index (χ1n) is 20.9. The molecule has 1 unspecified atom stereocenters. The van der Waals surface area contributed by atoms with Crippen molar-refractivity contribution in [2.75, 3.05) is 24.9 Å². The number of aliphatic hydroxyl groups is 1. The van der Waals surface area contributed by atoms with Crippen LogP contribution in [0.15, 0.2) is 83.6 Å². The van der Waals surface area contributed by atoms with Gasteiger partial charge in [0.2, 0.25) is 0 Å². The summed E-state index contributed by atoms with van der Waals surface area (Å²) in [7, 11) is 3.18. The molecule has 4 aliphatic carbocycles. The van der Waals surface area contributed by atoms with Gasteiger partial charge in [-0.15, -0.1) is 0 Å². The average molecular weight is 825 g/mol. The fraction of sp³-hybridized carbons (Fsp3) is 0.532. The Morgan fingerprint density at radius 1 is 0.933 bits per heavy atom. The monoisotopic (exact) mass is 824 g/mol. The van der Waals surface area contributed by atoms with Crippen LogP contribution in [0.25, 0.3) is 0 Å². The number of Topliss-reactive ketones (excluding diaryl/α,β-unsaturated/α-hetero) is 1. The number of ketones is 1. The number of carbonyl (C=O) groups is 4. The summed E-state index contributed by atoms with van der Waals surface area (Å²) in [5, 5.41) is 20.0. The molecule has 2 aliphatic heterocycles. The van der Waals surface area contributed by atoms with Gasteiger partial charge in [-0.25, -0.2) is 9.59 Å². The van der Waals surface area contributed by atoms with Gasteiger partial charge in [0.15, 0.2) is 6.10 Å². The Labute approximate surface area is 350 Å². The van der Waals surface area contributed by atoms with Gasteiger partial charge in [-0.3, -0.25) is 9.59 Å². The Hall–Kier alpha value is -5.14. The second-order valence-corrected chi connectivity index (χ2v) is 17.9. The highest BCUT2D eigenvalue weighted by Gasteiger charge is 2.85. The van der Waals surface area contributed by atoms with Gasteiger partial charge in [0.1, 0.15) is 40.7 Å². The molecule has 12 atom stereocenters. The quantitative estimate of drug-likeness (QED) is 0.0742. The Morgan fingerprint density at radius 3 is 2.20 bits per heavy atom. The minimum atomic E-state index is -1.62. The molecule has 13 nitrogen and oxygen atoms in total. The number of rotatable bonds is 11. The first-order chi connectivity index (χ1) is 28.5. The molecule has 6 aliphatic rings. The molecule has 3 saturated carbocycles. The van der Waals surface area contributed by atoms with Crippen LogP contribution >= 0.6 is 0 Å². The molecule has 2 heterocycles. The highest BCUT2D eigenvalue weighted by Crippen LogP contribution is 2.74. The first-order valence-corrected chi connectivity index (χ1v) is 20.9. The summed E-state index contributed by atoms with van der Waals surface area (Å²) < 4.78 is 35.8. The van der Waals surface area contributed by atoms with Crippen LogP contribution in [0.2, 0.25) is 0 Å². The van der Waals surface area contributed by atoms with E-state index in [-0.39, 0.29) is 24.1 Å². The largest absolute Gasteiger partial charge is 0.497 e. The number of ether oxygens (including phenoxy) is 6. The number of carbonyl (C=O) groups excluding carboxylic acids is 4. The van der Waals surface area contributed by atoms with Gasteiger partial charge in [0, 0.05) is 60.3 Å². The zero-order valence-electron chi connectivity index (χ0n) is 35.5. The summed E-state index contributed by atoms with van der Waals surface area (Å²) in [6.07, 6.45) is 3.69. The van der Waals surface area contributed by atoms with Gasteiger partial charge in [0.05, 0.1) is 31.8 Å². The SMILES string of the molecule is COc1ccc(N/C=C/C(=O)O[C@H]2C(Nc3ccc(OC)cc3)CC(=O)[C@]3(C)[C@H]4CC[C@]5(C)C([C@H](C)[C@H]6CC(C)=C(C)C(=O)O6)=C[C@H](OC(C)=O)[C@]5(O)[C@@H]4C[C@H]4O[C@@]423)cc1. The van der Waals surface area contributed by atoms with Gasteiger partial charge >= 0.3 is 17.9 Å². The minimum Gasteiger partial charge on any atom is -0.497 e. The van der Waals surface area contributed by atoms with Crippen LogP contribution in [0.1, 0.15) is 73.6 Å². The molecule has 60 heavy (non-hydrogen) atoms. The van der Waals surface area contributed by atoms with Crippen molar-refractivity contribution in [3.63, 3.8) is 0 Å². The van der Waals surface area contributed by atoms with Crippen molar-refractivity contribution < 1.29 is 52.7 Å². The van der Waals surface area contributed by atoms with Crippen LogP contribution in [0.3, 0.4) is 0 Å². The molecule has 1 saturated heterocycles. The number of fused-ring (bicyclic) bond motifs is 4. The molecule has 320 valence electrons. The number of methoxy groups -OCH3 is 2. The Balaban J connectivity index is 1.12. The van der Waals surface area contributed by atoms with Crippen LogP contribution in [-0.4, -0.2) is 84.7 Å². The lowest BCUT2D eigenvalue weighted by atomic mass is 9.41. The Morgan fingerprint density at radius 2 is 1.58 bits per heavy atom. The maximum atomic E-state index is 15.0. The minimum absolute atomic E-state index is 0.0261. The van der Waals surface area contributed by atoms with Gasteiger partial charge < -0.3 is 44.2 Å². The van der Waals surface area contributed by atoms with E-state index in [1.165, 1.54) is 19.2 Å². The topological polar surface area (TPSA) is 171 Å². The van der Waals surface area contributed by atoms with Crippen LogP contribution in [0, 0.1) is 28.6 Å². The van der Waals surface area contributed by atoms with Gasteiger partial charge in [-0.2, -0.15) is 0 Å². The molecular formula is C47H56N2O11. The van der Waals surface area contributed by atoms with E-state index in [0.29, 0.717) is 48.4 Å². The second kappa shape index (κ2) is 15.1. The molecule has 13 heteroatoms. The third-order valence-electron chi connectivity index (χ3n) is 15.1. The summed E-state index contributed by atoms with van der Waals surface area (Å²) in [5.41, 5.74) is -0.989. The van der Waals surface area contributed by atoms with Crippen molar-refractivity contribution in [3.8, 4) is 11.5 Å². The standard InChI is InChI=1S/C47H56N2O11/c1-25-21-37(58-43(53)26(25)2)27(3)34-22-39(57-28(4)50)46(54)35-23-40-47(60-40)42(59-41(52)18-20-48-29-9-13-31(55-7)14-10-29)36(49-30-11-15-32(56-8)16-12-30)24-38(51)45(47,6)33(35)17-19-44(34,46)5/h9-16,18,20,22,27,33,35-37,39-40,42,48-49,54H,17,19,21,23-24H2,1-8H3/b20-18+/t27-,33-,35+,36?,37+,39-,40+,42-,44+,45-,46+,47-/m0/s1. The molecule has 0 bridgehead atoms. The van der Waals surface area contributed by atoms with Crippen LogP contribution < -0.4 is 20.1 Å². The molecule has 0 aromatic heterocycles. The van der Waals surface area contributed by atoms with Crippen LogP contribution in [0.5, 0.6) is 11.5 Å². The second-order valence-electron chi connectivity index (χ2n) is 17.9. The smallest absolute Gasteiger partial charge is 0.333 e. The maximum absolute atomic E-state index is 15.0. The lowest BCUT2D eigenvalue weighted by molar-refractivity contribution is -0.229. The molecule has 3 N–H and O–H groups in total. The lowest BCUT2D eigenvalue weighted by Gasteiger charge is -2.62. The van der Waals surface area contributed by atoms with Gasteiger partial charge in [-0.05, 0) is 106 Å². The molecule has 0 amide bonds. The first kappa shape index (κ1) is 41.6. The zero-order valence-corrected chi connectivity index (χ0v) is 35.5. The fourth-order valence-corrected chi connectivity index (χ4v) is 11.7. The number of esters is 3. The highest BCUT2D eigenvalue weighted by atomic mass is 16.7. The number of hydrogen-bond acceptors (Lipinski definition) is 13. The van der Waals surface area contributed by atoms with Crippen molar-refractivity contribution in [2.24, 2.45) is 28.6 Å². The molecule has 0 radical (unpaired) electrons. The Bertz CT molecular complexity index is 2160. The normalized spacial score (nSPS) is 37.0. The van der Waals surface area contributed by atoms with Crippen molar-refractivity contribution in [2.45, 2.75) is 115 Å². The van der Waals surface area contributed by atoms with E-state index >= 15 is 4.79 Å². The number of hydrogen-bond donors (Lipinski definition) is 3. The van der Waals surface area contributed by atoms with Crippen LogP contribution in [0.4, 0.5) is 11.4 Å². The molecule has 2 aromatic rings. The van der Waals surface area contributed by atoms with E-state index in [9.17, 15) is 19.5 Å². The van der Waals surface area contributed by atoms with Gasteiger partial charge in [-0.1, -0.05) is 25.0 Å². The van der Waals surface area contributed by atoms with E-state index in [1.807, 2.05) is 70.2 Å². The number of epoxide rings is 1. The van der Waals surface area contributed by atoms with Crippen molar-refractivity contribution in [3.05, 3.63) is 83.6 Å². The van der Waals surface area contributed by atoms with Crippen molar-refractivity contribution in [1.82, 2.24) is 0 Å². The Kier molecular flexibility index (Phi) is 10.5. The maximum Gasteiger partial charge on any atom is 0.333 e. The van der Waals surface area contributed by atoms with Gasteiger partial charge in [0.25, 0.3) is 0 Å². The molecule has 1 spiro atoms. The summed E-state index contributed by atoms with van der Waals surface area (Å²) in [5.74, 6) is -1.44. The number of anilines is 2.